The van der Waals surface area contributed by atoms with Crippen molar-refractivity contribution in [1.82, 2.24) is 15.5 Å². The van der Waals surface area contributed by atoms with Crippen LogP contribution in [0.15, 0.2) is 24.3 Å². The van der Waals surface area contributed by atoms with Gasteiger partial charge in [-0.05, 0) is 67.5 Å². The van der Waals surface area contributed by atoms with Crippen molar-refractivity contribution < 1.29 is 28.7 Å². The quantitative estimate of drug-likeness (QED) is 0.536. The van der Waals surface area contributed by atoms with Crippen LogP contribution in [0.2, 0.25) is 0 Å². The number of rotatable bonds is 6. The molecule has 1 aliphatic rings. The smallest absolute Gasteiger partial charge is 0.407 e. The third-order valence-electron chi connectivity index (χ3n) is 5.47. The highest BCUT2D eigenvalue weighted by molar-refractivity contribution is 6.22. The Hall–Kier alpha value is -3.14. The van der Waals surface area contributed by atoms with E-state index in [2.05, 4.69) is 10.6 Å². The maximum Gasteiger partial charge on any atom is 0.407 e. The lowest BCUT2D eigenvalue weighted by atomic mass is 9.85. The van der Waals surface area contributed by atoms with Gasteiger partial charge < -0.3 is 25.8 Å². The summed E-state index contributed by atoms with van der Waals surface area (Å²) >= 11 is 0. The topological polar surface area (TPSA) is 140 Å². The van der Waals surface area contributed by atoms with E-state index in [0.717, 1.165) is 4.90 Å². The summed E-state index contributed by atoms with van der Waals surface area (Å²) < 4.78 is 11.2. The monoisotopic (exact) mass is 476 g/mol. The number of carbonyl (C=O) groups is 4. The van der Waals surface area contributed by atoms with E-state index in [1.165, 1.54) is 26.0 Å². The van der Waals surface area contributed by atoms with E-state index in [4.69, 9.17) is 15.2 Å². The fourth-order valence-electron chi connectivity index (χ4n) is 3.88. The first-order valence-electron chi connectivity index (χ1n) is 11.2. The highest BCUT2D eigenvalue weighted by Crippen LogP contribution is 2.36. The molecule has 188 valence electrons. The Balaban J connectivity index is 2.51. The SMILES string of the molecule is CC(OC(=O)NC(C)(C)C)C(CN)(C(C)OC(=O)NC(C)(C)C)N1C(=O)c2ccccc2C1=O. The van der Waals surface area contributed by atoms with Crippen LogP contribution in [0.4, 0.5) is 9.59 Å². The molecule has 0 radical (unpaired) electrons. The average Bonchev–Trinajstić information content (AvgIpc) is 2.92. The molecule has 0 spiro atoms. The van der Waals surface area contributed by atoms with Gasteiger partial charge in [0.25, 0.3) is 11.8 Å². The van der Waals surface area contributed by atoms with Crippen LogP contribution in [-0.2, 0) is 9.47 Å². The molecule has 1 aliphatic heterocycles. The van der Waals surface area contributed by atoms with Crippen molar-refractivity contribution in [1.29, 1.82) is 0 Å². The number of nitrogens with one attached hydrogen (secondary N) is 2. The normalized spacial score (nSPS) is 17.4. The average molecular weight is 477 g/mol. The molecular formula is C24H36N4O6. The molecule has 0 saturated carbocycles. The number of hydrogen-bond acceptors (Lipinski definition) is 7. The van der Waals surface area contributed by atoms with Crippen LogP contribution in [0.3, 0.4) is 0 Å². The second kappa shape index (κ2) is 9.61. The minimum Gasteiger partial charge on any atom is -0.444 e. The summed E-state index contributed by atoms with van der Waals surface area (Å²) in [5.74, 6) is -1.21. The van der Waals surface area contributed by atoms with Gasteiger partial charge in [0, 0.05) is 17.6 Å². The highest BCUT2D eigenvalue weighted by atomic mass is 16.6. The molecule has 1 heterocycles. The molecule has 10 heteroatoms. The number of imide groups is 1. The molecular weight excluding hydrogens is 440 g/mol. The summed E-state index contributed by atoms with van der Waals surface area (Å²) in [7, 11) is 0. The number of hydrogen-bond donors (Lipinski definition) is 3. The molecule has 2 unspecified atom stereocenters. The number of carbonyl (C=O) groups excluding carboxylic acids is 4. The fraction of sp³-hybridized carbons (Fsp3) is 0.583. The zero-order valence-corrected chi connectivity index (χ0v) is 21.1. The van der Waals surface area contributed by atoms with E-state index < -0.39 is 52.8 Å². The Labute approximate surface area is 200 Å². The Morgan fingerprint density at radius 2 is 1.21 bits per heavy atom. The second-order valence-electron chi connectivity index (χ2n) is 10.5. The standard InChI is InChI=1S/C24H36N4O6/c1-14(33-20(31)26-22(3,4)5)24(13-25,15(2)34-21(32)27-23(6,7)8)28-18(29)16-11-9-10-12-17(16)19(28)30/h9-12,14-15H,13,25H2,1-8H3,(H,26,31)(H,27,32). The van der Waals surface area contributed by atoms with Crippen LogP contribution < -0.4 is 16.4 Å². The van der Waals surface area contributed by atoms with Crippen LogP contribution in [0, 0.1) is 0 Å². The summed E-state index contributed by atoms with van der Waals surface area (Å²) in [4.78, 5) is 52.9. The van der Waals surface area contributed by atoms with Gasteiger partial charge in [0.05, 0.1) is 11.1 Å². The molecule has 0 aliphatic carbocycles. The third kappa shape index (κ3) is 5.67. The molecule has 4 amide bonds. The molecule has 0 bridgehead atoms. The Morgan fingerprint density at radius 3 is 1.50 bits per heavy atom. The van der Waals surface area contributed by atoms with Crippen LogP contribution >= 0.6 is 0 Å². The van der Waals surface area contributed by atoms with E-state index in [0.29, 0.717) is 0 Å². The van der Waals surface area contributed by atoms with Crippen LogP contribution in [-0.4, -0.2) is 64.3 Å². The predicted molar refractivity (Wildman–Crippen MR) is 126 cm³/mol. The van der Waals surface area contributed by atoms with Gasteiger partial charge in [-0.2, -0.15) is 0 Å². The minimum atomic E-state index is -1.68. The van der Waals surface area contributed by atoms with Gasteiger partial charge in [0.1, 0.15) is 17.7 Å². The molecule has 34 heavy (non-hydrogen) atoms. The maximum atomic E-state index is 13.4. The molecule has 1 aromatic carbocycles. The largest absolute Gasteiger partial charge is 0.444 e. The van der Waals surface area contributed by atoms with Crippen molar-refractivity contribution in [3.63, 3.8) is 0 Å². The third-order valence-corrected chi connectivity index (χ3v) is 5.47. The first-order chi connectivity index (χ1) is 15.5. The molecule has 10 nitrogen and oxygen atoms in total. The summed E-state index contributed by atoms with van der Waals surface area (Å²) in [5.41, 5.74) is 3.71. The number of amides is 4. The molecule has 2 rings (SSSR count). The lowest BCUT2D eigenvalue weighted by Gasteiger charge is -2.46. The number of alkyl carbamates (subject to hydrolysis) is 2. The molecule has 4 N–H and O–H groups in total. The summed E-state index contributed by atoms with van der Waals surface area (Å²) in [5, 5.41) is 5.35. The van der Waals surface area contributed by atoms with E-state index in [1.807, 2.05) is 0 Å². The highest BCUT2D eigenvalue weighted by Gasteiger charge is 2.57. The summed E-state index contributed by atoms with van der Waals surface area (Å²) in [6, 6.07) is 6.36. The van der Waals surface area contributed by atoms with Gasteiger partial charge in [-0.3, -0.25) is 14.5 Å². The lowest BCUT2D eigenvalue weighted by molar-refractivity contribution is -0.0701. The molecule has 0 aromatic heterocycles. The van der Waals surface area contributed by atoms with Gasteiger partial charge >= 0.3 is 12.2 Å². The molecule has 0 fully saturated rings. The fourth-order valence-corrected chi connectivity index (χ4v) is 3.88. The number of benzene rings is 1. The Morgan fingerprint density at radius 1 is 0.853 bits per heavy atom. The number of ether oxygens (including phenoxy) is 2. The zero-order valence-electron chi connectivity index (χ0n) is 21.1. The van der Waals surface area contributed by atoms with Crippen molar-refractivity contribution >= 4 is 24.0 Å². The first kappa shape index (κ1) is 27.1. The van der Waals surface area contributed by atoms with Gasteiger partial charge in [-0.25, -0.2) is 9.59 Å². The maximum absolute atomic E-state index is 13.4. The van der Waals surface area contributed by atoms with Crippen LogP contribution in [0.25, 0.3) is 0 Å². The minimum absolute atomic E-state index is 0.197. The Bertz CT molecular complexity index is 892. The summed E-state index contributed by atoms with van der Waals surface area (Å²) in [6.45, 7) is 13.4. The van der Waals surface area contributed by atoms with Gasteiger partial charge in [-0.1, -0.05) is 12.1 Å². The molecule has 2 atom stereocenters. The predicted octanol–water partition coefficient (Wildman–Crippen LogP) is 2.81. The van der Waals surface area contributed by atoms with E-state index in [-0.39, 0.29) is 17.7 Å². The molecule has 1 aromatic rings. The molecule has 0 saturated heterocycles. The van der Waals surface area contributed by atoms with Gasteiger partial charge in [-0.15, -0.1) is 0 Å². The van der Waals surface area contributed by atoms with E-state index in [9.17, 15) is 19.2 Å². The number of nitrogens with two attached hydrogens (primary N) is 1. The number of nitrogens with zero attached hydrogens (tertiary/aromatic N) is 1. The van der Waals surface area contributed by atoms with Crippen molar-refractivity contribution in [2.75, 3.05) is 6.54 Å². The van der Waals surface area contributed by atoms with Crippen molar-refractivity contribution in [3.05, 3.63) is 35.4 Å². The van der Waals surface area contributed by atoms with Crippen LogP contribution in [0.1, 0.15) is 76.1 Å². The van der Waals surface area contributed by atoms with Gasteiger partial charge in [0.15, 0.2) is 0 Å². The second-order valence-corrected chi connectivity index (χ2v) is 10.5. The van der Waals surface area contributed by atoms with E-state index in [1.54, 1.807) is 53.7 Å². The zero-order chi connectivity index (χ0) is 26.1. The number of fused-ring (bicyclic) bond motifs is 1. The first-order valence-corrected chi connectivity index (χ1v) is 11.2. The van der Waals surface area contributed by atoms with E-state index >= 15 is 0 Å². The van der Waals surface area contributed by atoms with Crippen molar-refractivity contribution in [3.8, 4) is 0 Å². The van der Waals surface area contributed by atoms with Crippen molar-refractivity contribution in [2.45, 2.75) is 84.2 Å². The van der Waals surface area contributed by atoms with Crippen LogP contribution in [0.5, 0.6) is 0 Å². The lowest BCUT2D eigenvalue weighted by Crippen LogP contribution is -2.70. The van der Waals surface area contributed by atoms with Crippen molar-refractivity contribution in [2.24, 2.45) is 5.73 Å². The Kier molecular flexibility index (Phi) is 7.67. The van der Waals surface area contributed by atoms with Gasteiger partial charge in [0.2, 0.25) is 0 Å². The summed E-state index contributed by atoms with van der Waals surface area (Å²) in [6.07, 6.45) is -3.78.